The maximum Gasteiger partial charge on any atom is 0.264 e. The van der Waals surface area contributed by atoms with Crippen LogP contribution in [0.4, 0.5) is 5.69 Å². The van der Waals surface area contributed by atoms with Crippen LogP contribution in [0.25, 0.3) is 0 Å². The lowest BCUT2D eigenvalue weighted by atomic mass is 10.2. The maximum absolute atomic E-state index is 13.3. The van der Waals surface area contributed by atoms with Crippen LogP contribution in [-0.2, 0) is 21.4 Å². The van der Waals surface area contributed by atoms with Gasteiger partial charge in [0.25, 0.3) is 10.0 Å². The number of rotatable bonds is 7. The summed E-state index contributed by atoms with van der Waals surface area (Å²) in [5.41, 5.74) is 2.24. The number of hydrogen-bond donors (Lipinski definition) is 1. The number of nitrogens with zero attached hydrogens (tertiary/aromatic N) is 1. The molecule has 3 aromatic carbocycles. The van der Waals surface area contributed by atoms with Gasteiger partial charge in [-0.2, -0.15) is 0 Å². The van der Waals surface area contributed by atoms with E-state index < -0.39 is 15.9 Å². The predicted molar refractivity (Wildman–Crippen MR) is 120 cm³/mol. The summed E-state index contributed by atoms with van der Waals surface area (Å²) in [7, 11) is -3.97. The first kappa shape index (κ1) is 22.2. The summed E-state index contributed by atoms with van der Waals surface area (Å²) in [4.78, 5) is 12.7. The molecule has 3 aromatic rings. The van der Waals surface area contributed by atoms with Gasteiger partial charge in [0.1, 0.15) is 6.54 Å². The van der Waals surface area contributed by atoms with Crippen molar-refractivity contribution in [2.45, 2.75) is 18.4 Å². The van der Waals surface area contributed by atoms with Crippen molar-refractivity contribution in [1.29, 1.82) is 0 Å². The van der Waals surface area contributed by atoms with Crippen molar-refractivity contribution in [3.05, 3.63) is 94.0 Å². The van der Waals surface area contributed by atoms with Crippen LogP contribution in [0.3, 0.4) is 0 Å². The number of anilines is 1. The van der Waals surface area contributed by atoms with Crippen LogP contribution >= 0.6 is 23.2 Å². The molecule has 0 radical (unpaired) electrons. The van der Waals surface area contributed by atoms with Crippen LogP contribution in [0.2, 0.25) is 10.0 Å². The molecule has 0 spiro atoms. The average Bonchev–Trinajstić information content (AvgIpc) is 2.72. The maximum atomic E-state index is 13.3. The number of carbonyl (C=O) groups is 1. The van der Waals surface area contributed by atoms with Crippen molar-refractivity contribution in [3.63, 3.8) is 0 Å². The Bertz CT molecular complexity index is 1110. The molecule has 1 N–H and O–H groups in total. The van der Waals surface area contributed by atoms with Crippen molar-refractivity contribution in [1.82, 2.24) is 5.32 Å². The molecule has 0 aliphatic carbocycles. The van der Waals surface area contributed by atoms with Gasteiger partial charge >= 0.3 is 0 Å². The first-order valence-corrected chi connectivity index (χ1v) is 11.3. The molecule has 0 aromatic heterocycles. The second kappa shape index (κ2) is 9.51. The molecular weight excluding hydrogens is 443 g/mol. The third kappa shape index (κ3) is 5.53. The molecule has 1 amide bonds. The Labute approximate surface area is 186 Å². The lowest BCUT2D eigenvalue weighted by Gasteiger charge is -2.24. The molecule has 0 aliphatic heterocycles. The van der Waals surface area contributed by atoms with E-state index in [-0.39, 0.29) is 18.0 Å². The summed E-state index contributed by atoms with van der Waals surface area (Å²) in [5.74, 6) is -0.428. The highest BCUT2D eigenvalue weighted by atomic mass is 35.5. The van der Waals surface area contributed by atoms with Gasteiger partial charge in [0, 0.05) is 16.6 Å². The fraction of sp³-hybridized carbons (Fsp3) is 0.136. The van der Waals surface area contributed by atoms with Gasteiger partial charge in [-0.1, -0.05) is 53.0 Å². The molecule has 8 heteroatoms. The summed E-state index contributed by atoms with van der Waals surface area (Å²) >= 11 is 11.8. The van der Waals surface area contributed by atoms with Crippen molar-refractivity contribution in [3.8, 4) is 0 Å². The third-order valence-corrected chi connectivity index (χ3v) is 6.71. The summed E-state index contributed by atoms with van der Waals surface area (Å²) < 4.78 is 27.6. The van der Waals surface area contributed by atoms with E-state index in [4.69, 9.17) is 23.2 Å². The molecule has 0 unspecified atom stereocenters. The fourth-order valence-corrected chi connectivity index (χ4v) is 4.42. The summed E-state index contributed by atoms with van der Waals surface area (Å²) in [6.45, 7) is 1.81. The Hall–Kier alpha value is -2.54. The van der Waals surface area contributed by atoms with Gasteiger partial charge in [-0.15, -0.1) is 0 Å². The van der Waals surface area contributed by atoms with Gasteiger partial charge in [-0.25, -0.2) is 8.42 Å². The quantitative estimate of drug-likeness (QED) is 0.547. The average molecular weight is 463 g/mol. The van der Waals surface area contributed by atoms with E-state index in [9.17, 15) is 13.2 Å². The number of halogens is 2. The number of nitrogens with one attached hydrogen (secondary N) is 1. The van der Waals surface area contributed by atoms with Gasteiger partial charge in [0.2, 0.25) is 5.91 Å². The Kier molecular flexibility index (Phi) is 7.02. The zero-order valence-electron chi connectivity index (χ0n) is 16.2. The van der Waals surface area contributed by atoms with E-state index >= 15 is 0 Å². The standard InChI is InChI=1S/C22H20Cl2N2O3S/c1-16-2-10-20(11-3-16)26(30(28,29)21-12-8-19(24)9-13-21)15-22(27)25-14-17-4-6-18(23)7-5-17/h2-13H,14-15H2,1H3,(H,25,27). The van der Waals surface area contributed by atoms with Crippen molar-refractivity contribution < 1.29 is 13.2 Å². The van der Waals surface area contributed by atoms with Crippen LogP contribution in [0.5, 0.6) is 0 Å². The first-order valence-electron chi connectivity index (χ1n) is 9.12. The zero-order chi connectivity index (χ0) is 21.7. The molecule has 5 nitrogen and oxygen atoms in total. The number of aryl methyl sites for hydroxylation is 1. The van der Waals surface area contributed by atoms with Gasteiger partial charge < -0.3 is 5.32 Å². The number of amides is 1. The Morgan fingerprint density at radius 1 is 0.867 bits per heavy atom. The molecule has 0 saturated heterocycles. The van der Waals surface area contributed by atoms with E-state index in [1.165, 1.54) is 24.3 Å². The van der Waals surface area contributed by atoms with E-state index in [1.807, 2.05) is 6.92 Å². The molecule has 3 rings (SSSR count). The topological polar surface area (TPSA) is 66.5 Å². The second-order valence-electron chi connectivity index (χ2n) is 6.70. The number of benzene rings is 3. The van der Waals surface area contributed by atoms with E-state index in [2.05, 4.69) is 5.32 Å². The minimum Gasteiger partial charge on any atom is -0.350 e. The summed E-state index contributed by atoms with van der Waals surface area (Å²) in [6, 6.07) is 19.8. The summed E-state index contributed by atoms with van der Waals surface area (Å²) in [5, 5.41) is 3.78. The highest BCUT2D eigenvalue weighted by Gasteiger charge is 2.27. The smallest absolute Gasteiger partial charge is 0.264 e. The van der Waals surface area contributed by atoms with E-state index in [0.717, 1.165) is 15.4 Å². The predicted octanol–water partition coefficient (Wildman–Crippen LogP) is 4.81. The van der Waals surface area contributed by atoms with E-state index in [0.29, 0.717) is 15.7 Å². The Morgan fingerprint density at radius 2 is 1.40 bits per heavy atom. The van der Waals surface area contributed by atoms with Crippen LogP contribution in [0.1, 0.15) is 11.1 Å². The molecule has 0 heterocycles. The second-order valence-corrected chi connectivity index (χ2v) is 9.44. The number of sulfonamides is 1. The summed E-state index contributed by atoms with van der Waals surface area (Å²) in [6.07, 6.45) is 0. The van der Waals surface area contributed by atoms with Crippen LogP contribution in [0, 0.1) is 6.92 Å². The third-order valence-electron chi connectivity index (χ3n) is 4.41. The molecule has 0 fully saturated rings. The van der Waals surface area contributed by atoms with Crippen LogP contribution in [0.15, 0.2) is 77.7 Å². The van der Waals surface area contributed by atoms with Crippen molar-refractivity contribution >= 4 is 44.8 Å². The zero-order valence-corrected chi connectivity index (χ0v) is 18.5. The minimum absolute atomic E-state index is 0.0537. The highest BCUT2D eigenvalue weighted by molar-refractivity contribution is 7.92. The highest BCUT2D eigenvalue weighted by Crippen LogP contribution is 2.25. The minimum atomic E-state index is -3.97. The SMILES string of the molecule is Cc1ccc(N(CC(=O)NCc2ccc(Cl)cc2)S(=O)(=O)c2ccc(Cl)cc2)cc1. The molecule has 0 saturated carbocycles. The van der Waals surface area contributed by atoms with Crippen molar-refractivity contribution in [2.75, 3.05) is 10.8 Å². The molecular formula is C22H20Cl2N2O3S. The van der Waals surface area contributed by atoms with Crippen LogP contribution < -0.4 is 9.62 Å². The molecule has 0 atom stereocenters. The first-order chi connectivity index (χ1) is 14.3. The van der Waals surface area contributed by atoms with Gasteiger partial charge in [-0.05, 0) is 61.0 Å². The lowest BCUT2D eigenvalue weighted by molar-refractivity contribution is -0.119. The largest absolute Gasteiger partial charge is 0.350 e. The number of carbonyl (C=O) groups excluding carboxylic acids is 1. The number of hydrogen-bond acceptors (Lipinski definition) is 3. The van der Waals surface area contributed by atoms with Crippen molar-refractivity contribution in [2.24, 2.45) is 0 Å². The molecule has 0 aliphatic rings. The molecule has 30 heavy (non-hydrogen) atoms. The molecule has 156 valence electrons. The van der Waals surface area contributed by atoms with Gasteiger partial charge in [-0.3, -0.25) is 9.10 Å². The van der Waals surface area contributed by atoms with Gasteiger partial charge in [0.15, 0.2) is 0 Å². The molecule has 0 bridgehead atoms. The Morgan fingerprint density at radius 3 is 1.97 bits per heavy atom. The van der Waals surface area contributed by atoms with E-state index in [1.54, 1.807) is 48.5 Å². The van der Waals surface area contributed by atoms with Crippen LogP contribution in [-0.4, -0.2) is 20.9 Å². The fourth-order valence-electron chi connectivity index (χ4n) is 2.75. The monoisotopic (exact) mass is 462 g/mol. The normalized spacial score (nSPS) is 11.2. The Balaban J connectivity index is 1.84. The lowest BCUT2D eigenvalue weighted by Crippen LogP contribution is -2.40. The van der Waals surface area contributed by atoms with Gasteiger partial charge in [0.05, 0.1) is 10.6 Å².